The highest BCUT2D eigenvalue weighted by atomic mass is 16.3. The lowest BCUT2D eigenvalue weighted by atomic mass is 10.4. The maximum atomic E-state index is 10.6. The summed E-state index contributed by atoms with van der Waals surface area (Å²) >= 11 is 0. The molecule has 0 aliphatic rings. The van der Waals surface area contributed by atoms with Crippen LogP contribution in [0.2, 0.25) is 0 Å². The number of carbonyl (C=O) groups excluding carboxylic acids is 2. The van der Waals surface area contributed by atoms with Crippen molar-refractivity contribution in [2.75, 3.05) is 26.3 Å². The Kier molecular flexibility index (Phi) is 5.32. The molecule has 0 spiro atoms. The lowest BCUT2D eigenvalue weighted by Gasteiger charge is -2.16. The van der Waals surface area contributed by atoms with Crippen molar-refractivity contribution in [1.29, 1.82) is 0 Å². The van der Waals surface area contributed by atoms with E-state index in [0.29, 0.717) is 0 Å². The Morgan fingerprint density at radius 2 is 1.73 bits per heavy atom. The van der Waals surface area contributed by atoms with Crippen LogP contribution in [0.1, 0.15) is 0 Å². The van der Waals surface area contributed by atoms with Gasteiger partial charge in [-0.2, -0.15) is 0 Å². The summed E-state index contributed by atoms with van der Waals surface area (Å²) in [6.45, 7) is -0.255. The first-order valence-corrected chi connectivity index (χ1v) is 3.22. The molecule has 0 atom stereocenters. The first kappa shape index (κ1) is 10.1. The molecule has 2 N–H and O–H groups in total. The largest absolute Gasteiger partial charge is 0.395 e. The van der Waals surface area contributed by atoms with Crippen LogP contribution in [-0.4, -0.2) is 53.6 Å². The molecular formula is C6H11NO4. The highest BCUT2D eigenvalue weighted by Gasteiger charge is 2.09. The summed E-state index contributed by atoms with van der Waals surface area (Å²) in [6.07, 6.45) is 0.158. The minimum atomic E-state index is -0.715. The summed E-state index contributed by atoms with van der Waals surface area (Å²) in [7, 11) is 0. The minimum Gasteiger partial charge on any atom is -0.395 e. The Bertz CT molecular complexity index is 131. The van der Waals surface area contributed by atoms with Gasteiger partial charge in [0.2, 0.25) is 6.29 Å². The molecule has 0 radical (unpaired) electrons. The molecule has 0 saturated heterocycles. The van der Waals surface area contributed by atoms with Crippen LogP contribution in [0.4, 0.5) is 0 Å². The van der Waals surface area contributed by atoms with Gasteiger partial charge in [-0.05, 0) is 0 Å². The molecule has 5 nitrogen and oxygen atoms in total. The monoisotopic (exact) mass is 161 g/mol. The van der Waals surface area contributed by atoms with E-state index in [2.05, 4.69) is 0 Å². The number of amides is 1. The molecule has 0 aliphatic carbocycles. The number of hydrogen-bond donors (Lipinski definition) is 2. The third-order valence-electron chi connectivity index (χ3n) is 1.15. The van der Waals surface area contributed by atoms with Crippen molar-refractivity contribution >= 4 is 12.2 Å². The predicted molar refractivity (Wildman–Crippen MR) is 36.8 cm³/mol. The van der Waals surface area contributed by atoms with Crippen LogP contribution in [0.15, 0.2) is 0 Å². The zero-order valence-electron chi connectivity index (χ0n) is 6.06. The maximum absolute atomic E-state index is 10.6. The van der Waals surface area contributed by atoms with E-state index in [1.54, 1.807) is 0 Å². The highest BCUT2D eigenvalue weighted by Crippen LogP contribution is 1.85. The number of aliphatic hydroxyl groups excluding tert-OH is 2. The normalized spacial score (nSPS) is 9.27. The highest BCUT2D eigenvalue weighted by molar-refractivity contribution is 6.23. The van der Waals surface area contributed by atoms with Crippen molar-refractivity contribution in [2.45, 2.75) is 0 Å². The molecule has 0 rings (SSSR count). The SMILES string of the molecule is O=CC(=O)N(CCO)CCO. The van der Waals surface area contributed by atoms with Crippen LogP contribution in [0.3, 0.4) is 0 Å². The predicted octanol–water partition coefficient (Wildman–Crippen LogP) is -2.00. The smallest absolute Gasteiger partial charge is 0.286 e. The molecule has 0 saturated carbocycles. The van der Waals surface area contributed by atoms with Crippen LogP contribution >= 0.6 is 0 Å². The molecule has 0 unspecified atom stereocenters. The molecule has 5 heteroatoms. The molecular weight excluding hydrogens is 150 g/mol. The Balaban J connectivity index is 3.86. The van der Waals surface area contributed by atoms with Crippen molar-refractivity contribution in [3.05, 3.63) is 0 Å². The van der Waals surface area contributed by atoms with Gasteiger partial charge in [0.1, 0.15) is 0 Å². The molecule has 0 heterocycles. The number of aldehydes is 1. The van der Waals surface area contributed by atoms with Gasteiger partial charge in [0.15, 0.2) is 0 Å². The third kappa shape index (κ3) is 3.69. The first-order chi connectivity index (χ1) is 5.26. The van der Waals surface area contributed by atoms with Gasteiger partial charge in [-0.1, -0.05) is 0 Å². The molecule has 0 bridgehead atoms. The fourth-order valence-electron chi connectivity index (χ4n) is 0.648. The second-order valence-electron chi connectivity index (χ2n) is 1.89. The molecule has 0 fully saturated rings. The topological polar surface area (TPSA) is 77.8 Å². The second-order valence-corrected chi connectivity index (χ2v) is 1.89. The van der Waals surface area contributed by atoms with Crippen LogP contribution in [-0.2, 0) is 9.59 Å². The van der Waals surface area contributed by atoms with Crippen LogP contribution in [0.5, 0.6) is 0 Å². The van der Waals surface area contributed by atoms with E-state index >= 15 is 0 Å². The summed E-state index contributed by atoms with van der Waals surface area (Å²) in [5.74, 6) is -0.715. The Morgan fingerprint density at radius 1 is 1.27 bits per heavy atom. The number of aliphatic hydroxyl groups is 2. The summed E-state index contributed by atoms with van der Waals surface area (Å²) < 4.78 is 0. The molecule has 0 aliphatic heterocycles. The van der Waals surface area contributed by atoms with Crippen molar-refractivity contribution in [2.24, 2.45) is 0 Å². The summed E-state index contributed by atoms with van der Waals surface area (Å²) in [5, 5.41) is 16.8. The zero-order chi connectivity index (χ0) is 8.69. The molecule has 64 valence electrons. The van der Waals surface area contributed by atoms with Crippen LogP contribution in [0.25, 0.3) is 0 Å². The van der Waals surface area contributed by atoms with E-state index in [0.717, 1.165) is 4.90 Å². The van der Waals surface area contributed by atoms with Gasteiger partial charge in [0.05, 0.1) is 13.2 Å². The quantitative estimate of drug-likeness (QED) is 0.361. The number of carbonyl (C=O) groups is 2. The van der Waals surface area contributed by atoms with E-state index in [1.165, 1.54) is 0 Å². The molecule has 0 aromatic rings. The van der Waals surface area contributed by atoms with Gasteiger partial charge >= 0.3 is 0 Å². The average Bonchev–Trinajstić information content (AvgIpc) is 2.03. The summed E-state index contributed by atoms with van der Waals surface area (Å²) in [6, 6.07) is 0. The third-order valence-corrected chi connectivity index (χ3v) is 1.15. The van der Waals surface area contributed by atoms with Crippen LogP contribution in [0, 0.1) is 0 Å². The van der Waals surface area contributed by atoms with E-state index in [1.807, 2.05) is 0 Å². The van der Waals surface area contributed by atoms with E-state index in [9.17, 15) is 9.59 Å². The molecule has 11 heavy (non-hydrogen) atoms. The maximum Gasteiger partial charge on any atom is 0.286 e. The minimum absolute atomic E-state index is 0.0815. The van der Waals surface area contributed by atoms with Crippen molar-refractivity contribution in [1.82, 2.24) is 4.90 Å². The number of hydrogen-bond acceptors (Lipinski definition) is 4. The van der Waals surface area contributed by atoms with Gasteiger partial charge in [-0.3, -0.25) is 9.59 Å². The standard InChI is InChI=1S/C6H11NO4/c8-3-1-7(2-4-9)6(11)5-10/h5,8-9H,1-4H2. The van der Waals surface area contributed by atoms with Crippen molar-refractivity contribution < 1.29 is 19.8 Å². The number of rotatable bonds is 5. The van der Waals surface area contributed by atoms with Crippen molar-refractivity contribution in [3.8, 4) is 0 Å². The second kappa shape index (κ2) is 5.82. The van der Waals surface area contributed by atoms with E-state index < -0.39 is 5.91 Å². The molecule has 1 amide bonds. The molecule has 0 aromatic heterocycles. The lowest BCUT2D eigenvalue weighted by Crippen LogP contribution is -2.36. The van der Waals surface area contributed by atoms with Gasteiger partial charge in [0, 0.05) is 13.1 Å². The van der Waals surface area contributed by atoms with Gasteiger partial charge in [0.25, 0.3) is 5.91 Å². The van der Waals surface area contributed by atoms with Crippen LogP contribution < -0.4 is 0 Å². The van der Waals surface area contributed by atoms with Gasteiger partial charge < -0.3 is 15.1 Å². The summed E-state index contributed by atoms with van der Waals surface area (Å²) in [4.78, 5) is 21.6. The number of nitrogens with zero attached hydrogens (tertiary/aromatic N) is 1. The van der Waals surface area contributed by atoms with Crippen molar-refractivity contribution in [3.63, 3.8) is 0 Å². The van der Waals surface area contributed by atoms with Gasteiger partial charge in [-0.15, -0.1) is 0 Å². The summed E-state index contributed by atoms with van der Waals surface area (Å²) in [5.41, 5.74) is 0. The van der Waals surface area contributed by atoms with Gasteiger partial charge in [-0.25, -0.2) is 0 Å². The Labute approximate surface area is 64.2 Å². The average molecular weight is 161 g/mol. The van der Waals surface area contributed by atoms with E-state index in [4.69, 9.17) is 10.2 Å². The van der Waals surface area contributed by atoms with E-state index in [-0.39, 0.29) is 32.6 Å². The Hall–Kier alpha value is -0.940. The lowest BCUT2D eigenvalue weighted by molar-refractivity contribution is -0.139. The zero-order valence-corrected chi connectivity index (χ0v) is 6.06. The first-order valence-electron chi connectivity index (χ1n) is 3.22. The fraction of sp³-hybridized carbons (Fsp3) is 0.667. The molecule has 0 aromatic carbocycles. The Morgan fingerprint density at radius 3 is 2.00 bits per heavy atom. The fourth-order valence-corrected chi connectivity index (χ4v) is 0.648.